The largest absolute Gasteiger partial charge is 0.480 e. The lowest BCUT2D eigenvalue weighted by Crippen LogP contribution is -2.47. The van der Waals surface area contributed by atoms with Crippen molar-refractivity contribution in [2.45, 2.75) is 32.9 Å². The Morgan fingerprint density at radius 1 is 1.02 bits per heavy atom. The second-order valence-corrected chi connectivity index (χ2v) is 12.8. The number of rotatable bonds is 11. The summed E-state index contributed by atoms with van der Waals surface area (Å²) in [4.78, 5) is 32.0. The monoisotopic (exact) mass is 661 g/mol. The van der Waals surface area contributed by atoms with Crippen LogP contribution in [0, 0.1) is 12.8 Å². The van der Waals surface area contributed by atoms with E-state index in [9.17, 15) is 15.0 Å². The molecule has 1 saturated heterocycles. The van der Waals surface area contributed by atoms with E-state index in [1.54, 1.807) is 13.3 Å². The third-order valence-electron chi connectivity index (χ3n) is 8.85. The van der Waals surface area contributed by atoms with Crippen molar-refractivity contribution in [1.29, 1.82) is 0 Å². The summed E-state index contributed by atoms with van der Waals surface area (Å²) in [7, 11) is 1.57. The maximum atomic E-state index is 13.5. The molecular formula is C35H37Cl2N5O4. The summed E-state index contributed by atoms with van der Waals surface area (Å²) in [6.45, 7) is 6.59. The van der Waals surface area contributed by atoms with E-state index in [1.807, 2.05) is 49.4 Å². The maximum Gasteiger partial charge on any atom is 0.237 e. The summed E-state index contributed by atoms with van der Waals surface area (Å²) in [6.07, 6.45) is 2.64. The van der Waals surface area contributed by atoms with Gasteiger partial charge in [-0.05, 0) is 36.1 Å². The van der Waals surface area contributed by atoms with Crippen molar-refractivity contribution in [3.63, 3.8) is 0 Å². The Morgan fingerprint density at radius 3 is 2.50 bits per heavy atom. The van der Waals surface area contributed by atoms with Crippen molar-refractivity contribution >= 4 is 29.0 Å². The minimum Gasteiger partial charge on any atom is -0.480 e. The summed E-state index contributed by atoms with van der Waals surface area (Å²) in [5.41, 5.74) is 7.64. The molecule has 0 unspecified atom stereocenters. The molecule has 46 heavy (non-hydrogen) atoms. The molecule has 6 rings (SSSR count). The van der Waals surface area contributed by atoms with Crippen LogP contribution in [0.15, 0.2) is 48.7 Å². The highest BCUT2D eigenvalue weighted by Crippen LogP contribution is 2.40. The summed E-state index contributed by atoms with van der Waals surface area (Å²) < 4.78 is 5.58. The summed E-state index contributed by atoms with van der Waals surface area (Å²) >= 11 is 14.0. The molecule has 2 aliphatic rings. The van der Waals surface area contributed by atoms with Gasteiger partial charge in [-0.2, -0.15) is 0 Å². The summed E-state index contributed by atoms with van der Waals surface area (Å²) in [5, 5.41) is 19.6. The van der Waals surface area contributed by atoms with Crippen molar-refractivity contribution in [2.24, 2.45) is 5.92 Å². The average molecular weight is 663 g/mol. The van der Waals surface area contributed by atoms with E-state index in [-0.39, 0.29) is 25.4 Å². The third kappa shape index (κ3) is 6.67. The number of halogens is 2. The SMILES string of the molecule is COc1nc(-c2cccc(-c3cccc(CC(=O)c4cc(C)c5c(n4)CN(CCO)CC5)c3Cl)c2Cl)cnc1CN1CC(CO)C1. The van der Waals surface area contributed by atoms with E-state index >= 15 is 0 Å². The van der Waals surface area contributed by atoms with E-state index in [0.29, 0.717) is 75.1 Å². The molecule has 0 radical (unpaired) electrons. The molecule has 0 spiro atoms. The number of Topliss-reactive ketones (excluding diaryl/α,β-unsaturated/α-hetero) is 1. The number of methoxy groups -OCH3 is 1. The number of aliphatic hydroxyl groups excluding tert-OH is 2. The van der Waals surface area contributed by atoms with Gasteiger partial charge in [0.2, 0.25) is 5.88 Å². The molecule has 4 aromatic rings. The van der Waals surface area contributed by atoms with Crippen LogP contribution in [-0.4, -0.2) is 87.3 Å². The molecule has 0 saturated carbocycles. The van der Waals surface area contributed by atoms with Gasteiger partial charge in [0.1, 0.15) is 11.4 Å². The minimum absolute atomic E-state index is 0.0918. The van der Waals surface area contributed by atoms with Gasteiger partial charge in [-0.3, -0.25) is 19.6 Å². The predicted molar refractivity (Wildman–Crippen MR) is 178 cm³/mol. The highest BCUT2D eigenvalue weighted by Gasteiger charge is 2.28. The topological polar surface area (TPSA) is 112 Å². The van der Waals surface area contributed by atoms with Crippen LogP contribution in [0.25, 0.3) is 22.4 Å². The smallest absolute Gasteiger partial charge is 0.237 e. The van der Waals surface area contributed by atoms with Gasteiger partial charge in [-0.25, -0.2) is 9.97 Å². The Morgan fingerprint density at radius 2 is 1.76 bits per heavy atom. The summed E-state index contributed by atoms with van der Waals surface area (Å²) in [5.74, 6) is 0.616. The second-order valence-electron chi connectivity index (χ2n) is 12.0. The Balaban J connectivity index is 1.24. The molecule has 9 nitrogen and oxygen atoms in total. The average Bonchev–Trinajstić information content (AvgIpc) is 3.04. The lowest BCUT2D eigenvalue weighted by Gasteiger charge is -2.37. The van der Waals surface area contributed by atoms with Gasteiger partial charge in [0.05, 0.1) is 41.3 Å². The first-order valence-corrected chi connectivity index (χ1v) is 16.2. The normalized spacial score (nSPS) is 15.4. The van der Waals surface area contributed by atoms with Crippen molar-refractivity contribution < 1.29 is 19.7 Å². The number of benzene rings is 2. The fourth-order valence-electron chi connectivity index (χ4n) is 6.33. The molecule has 0 bridgehead atoms. The second kappa shape index (κ2) is 14.1. The number of hydrogen-bond donors (Lipinski definition) is 2. The van der Waals surface area contributed by atoms with Crippen LogP contribution in [0.1, 0.15) is 38.6 Å². The maximum absolute atomic E-state index is 13.5. The number of β-amino-alcohol motifs (C(OH)–C–C–N with tert-alkyl or cyclic N) is 1. The van der Waals surface area contributed by atoms with Crippen LogP contribution in [0.4, 0.5) is 0 Å². The zero-order chi connectivity index (χ0) is 32.4. The Bertz CT molecular complexity index is 1760. The van der Waals surface area contributed by atoms with Crippen LogP contribution in [0.2, 0.25) is 10.0 Å². The van der Waals surface area contributed by atoms with E-state index in [4.69, 9.17) is 37.9 Å². The Hall–Kier alpha value is -3.44. The number of carbonyl (C=O) groups is 1. The fraction of sp³-hybridized carbons (Fsp3) is 0.371. The fourth-order valence-corrected chi connectivity index (χ4v) is 6.95. The minimum atomic E-state index is -0.114. The molecule has 4 heterocycles. The number of aromatic nitrogens is 3. The van der Waals surface area contributed by atoms with Crippen molar-refractivity contribution in [1.82, 2.24) is 24.8 Å². The molecule has 1 fully saturated rings. The molecule has 0 atom stereocenters. The number of likely N-dealkylation sites (tertiary alicyclic amines) is 1. The van der Waals surface area contributed by atoms with Crippen LogP contribution in [-0.2, 0) is 25.9 Å². The molecular weight excluding hydrogens is 625 g/mol. The zero-order valence-electron chi connectivity index (χ0n) is 26.0. The number of ketones is 1. The lowest BCUT2D eigenvalue weighted by atomic mass is 9.95. The van der Waals surface area contributed by atoms with E-state index in [2.05, 4.69) is 14.8 Å². The predicted octanol–water partition coefficient (Wildman–Crippen LogP) is 5.03. The first-order valence-electron chi connectivity index (χ1n) is 15.4. The number of pyridine rings is 1. The van der Waals surface area contributed by atoms with Crippen LogP contribution in [0.5, 0.6) is 5.88 Å². The Labute approximate surface area is 278 Å². The number of aryl methyl sites for hydroxylation is 1. The first kappa shape index (κ1) is 32.5. The highest BCUT2D eigenvalue weighted by molar-refractivity contribution is 6.38. The lowest BCUT2D eigenvalue weighted by molar-refractivity contribution is 0.0462. The molecule has 240 valence electrons. The van der Waals surface area contributed by atoms with Gasteiger partial charge < -0.3 is 14.9 Å². The zero-order valence-corrected chi connectivity index (χ0v) is 27.5. The molecule has 0 amide bonds. The number of carbonyl (C=O) groups excluding carboxylic acids is 1. The van der Waals surface area contributed by atoms with Gasteiger partial charge >= 0.3 is 0 Å². The quantitative estimate of drug-likeness (QED) is 0.214. The molecule has 2 aromatic heterocycles. The number of hydrogen-bond acceptors (Lipinski definition) is 9. The third-order valence-corrected chi connectivity index (χ3v) is 9.70. The Kier molecular flexibility index (Phi) is 9.98. The standard InChI is InChI=1S/C35H37Cl2N5O4/c1-21-13-28(39-30-18-41(11-12-43)10-9-24(21)30)32(45)14-23-5-3-6-25(33(23)36)26-7-4-8-27(34(26)37)29-15-38-31(35(40-29)46-2)19-42-16-22(17-42)20-44/h3-8,13,15,22,43-44H,9-12,14,16-20H2,1-2H3. The van der Waals surface area contributed by atoms with Crippen molar-refractivity contribution in [3.8, 4) is 28.3 Å². The van der Waals surface area contributed by atoms with E-state index < -0.39 is 0 Å². The molecule has 2 N–H and O–H groups in total. The van der Waals surface area contributed by atoms with Gasteiger partial charge in [0, 0.05) is 74.9 Å². The number of aliphatic hydroxyl groups is 2. The number of fused-ring (bicyclic) bond motifs is 1. The molecule has 2 aromatic carbocycles. The van der Waals surface area contributed by atoms with Crippen molar-refractivity contribution in [2.75, 3.05) is 46.5 Å². The first-order chi connectivity index (χ1) is 22.3. The van der Waals surface area contributed by atoms with Gasteiger partial charge in [0.25, 0.3) is 0 Å². The van der Waals surface area contributed by atoms with Crippen LogP contribution in [0.3, 0.4) is 0 Å². The van der Waals surface area contributed by atoms with Gasteiger partial charge in [0.15, 0.2) is 5.78 Å². The van der Waals surface area contributed by atoms with Crippen LogP contribution >= 0.6 is 23.2 Å². The van der Waals surface area contributed by atoms with Crippen molar-refractivity contribution in [3.05, 3.63) is 92.5 Å². The molecule has 0 aliphatic carbocycles. The molecule has 11 heteroatoms. The van der Waals surface area contributed by atoms with Gasteiger partial charge in [-0.15, -0.1) is 0 Å². The van der Waals surface area contributed by atoms with E-state index in [1.165, 1.54) is 5.56 Å². The van der Waals surface area contributed by atoms with Gasteiger partial charge in [-0.1, -0.05) is 59.6 Å². The highest BCUT2D eigenvalue weighted by atomic mass is 35.5. The van der Waals surface area contributed by atoms with Crippen LogP contribution < -0.4 is 4.74 Å². The number of nitrogens with zero attached hydrogens (tertiary/aromatic N) is 5. The summed E-state index contributed by atoms with van der Waals surface area (Å²) in [6, 6.07) is 13.2. The number of ether oxygens (including phenoxy) is 1. The molecule has 2 aliphatic heterocycles. The van der Waals surface area contributed by atoms with E-state index in [0.717, 1.165) is 43.0 Å².